The van der Waals surface area contributed by atoms with Crippen LogP contribution in [0.3, 0.4) is 0 Å². The van der Waals surface area contributed by atoms with Crippen molar-refractivity contribution in [3.63, 3.8) is 0 Å². The van der Waals surface area contributed by atoms with Crippen molar-refractivity contribution in [1.82, 2.24) is 25.0 Å². The fourth-order valence-electron chi connectivity index (χ4n) is 3.58. The van der Waals surface area contributed by atoms with Gasteiger partial charge >= 0.3 is 0 Å². The van der Waals surface area contributed by atoms with Crippen LogP contribution in [-0.4, -0.2) is 96.8 Å². The van der Waals surface area contributed by atoms with Gasteiger partial charge in [-0.2, -0.15) is 0 Å². The van der Waals surface area contributed by atoms with E-state index in [1.165, 1.54) is 5.56 Å². The van der Waals surface area contributed by atoms with E-state index in [9.17, 15) is 0 Å². The molecule has 0 amide bonds. The first-order valence-electron chi connectivity index (χ1n) is 8.77. The molecule has 2 aliphatic heterocycles. The summed E-state index contributed by atoms with van der Waals surface area (Å²) in [5, 5.41) is 12.5. The third-order valence-electron chi connectivity index (χ3n) is 4.97. The van der Waals surface area contributed by atoms with Gasteiger partial charge in [0, 0.05) is 83.9 Å². The number of nitrogens with zero attached hydrogens (tertiary/aromatic N) is 4. The third kappa shape index (κ3) is 4.71. The van der Waals surface area contributed by atoms with E-state index in [-0.39, 0.29) is 6.61 Å². The number of rotatable bonds is 6. The van der Waals surface area contributed by atoms with Crippen LogP contribution in [0.5, 0.6) is 0 Å². The molecule has 1 aromatic rings. The Bertz CT molecular complexity index is 444. The van der Waals surface area contributed by atoms with Gasteiger partial charge in [0.05, 0.1) is 6.61 Å². The van der Waals surface area contributed by atoms with Crippen LogP contribution in [0.4, 0.5) is 0 Å². The molecule has 1 aromatic heterocycles. The summed E-state index contributed by atoms with van der Waals surface area (Å²) in [6.45, 7) is 10.8. The number of pyridine rings is 1. The van der Waals surface area contributed by atoms with E-state index < -0.39 is 0 Å². The van der Waals surface area contributed by atoms with Crippen molar-refractivity contribution in [2.75, 3.05) is 72.1 Å². The molecule has 0 saturated carbocycles. The van der Waals surface area contributed by atoms with Gasteiger partial charge in [-0.15, -0.1) is 0 Å². The first kappa shape index (κ1) is 16.8. The van der Waals surface area contributed by atoms with Crippen molar-refractivity contribution in [3.8, 4) is 0 Å². The molecule has 0 spiro atoms. The van der Waals surface area contributed by atoms with Crippen LogP contribution >= 0.6 is 0 Å². The van der Waals surface area contributed by atoms with Crippen molar-refractivity contribution in [3.05, 3.63) is 30.1 Å². The summed E-state index contributed by atoms with van der Waals surface area (Å²) >= 11 is 0. The molecule has 6 nitrogen and oxygen atoms in total. The molecule has 0 radical (unpaired) electrons. The maximum Gasteiger partial charge on any atom is 0.0558 e. The molecule has 23 heavy (non-hydrogen) atoms. The summed E-state index contributed by atoms with van der Waals surface area (Å²) in [7, 11) is 0. The second-order valence-corrected chi connectivity index (χ2v) is 6.45. The van der Waals surface area contributed by atoms with E-state index >= 15 is 0 Å². The van der Waals surface area contributed by atoms with Gasteiger partial charge in [0.1, 0.15) is 0 Å². The average Bonchev–Trinajstić information content (AvgIpc) is 2.62. The zero-order valence-corrected chi connectivity index (χ0v) is 13.9. The Hall–Kier alpha value is -1.05. The van der Waals surface area contributed by atoms with E-state index in [4.69, 9.17) is 5.11 Å². The fourth-order valence-corrected chi connectivity index (χ4v) is 3.58. The van der Waals surface area contributed by atoms with E-state index in [1.807, 2.05) is 18.5 Å². The van der Waals surface area contributed by atoms with Gasteiger partial charge in [-0.1, -0.05) is 6.07 Å². The molecule has 2 aliphatic rings. The van der Waals surface area contributed by atoms with Crippen molar-refractivity contribution in [2.45, 2.75) is 6.04 Å². The number of hydrogen-bond acceptors (Lipinski definition) is 6. The van der Waals surface area contributed by atoms with Gasteiger partial charge < -0.3 is 10.4 Å². The molecular weight excluding hydrogens is 290 g/mol. The maximum atomic E-state index is 9.11. The molecule has 6 heteroatoms. The highest BCUT2D eigenvalue weighted by Gasteiger charge is 2.27. The molecule has 0 bridgehead atoms. The summed E-state index contributed by atoms with van der Waals surface area (Å²) in [4.78, 5) is 11.8. The fraction of sp³-hybridized carbons (Fsp3) is 0.706. The molecule has 1 unspecified atom stereocenters. The predicted molar refractivity (Wildman–Crippen MR) is 91.4 cm³/mol. The Kier molecular flexibility index (Phi) is 6.36. The Balaban J connectivity index is 1.65. The number of aliphatic hydroxyl groups excluding tert-OH is 1. The van der Waals surface area contributed by atoms with Crippen molar-refractivity contribution in [1.29, 1.82) is 0 Å². The standard InChI is InChI=1S/C17H29N5O/c23-13-12-20-8-10-22(11-9-20)17(16-2-1-3-19-14-16)15-21-6-4-18-5-7-21/h1-3,14,17-18,23H,4-13,15H2. The van der Waals surface area contributed by atoms with E-state index in [0.29, 0.717) is 6.04 Å². The molecule has 128 valence electrons. The third-order valence-corrected chi connectivity index (χ3v) is 4.97. The number of hydrogen-bond donors (Lipinski definition) is 2. The van der Waals surface area contributed by atoms with E-state index in [0.717, 1.165) is 65.4 Å². The number of aromatic nitrogens is 1. The molecule has 3 heterocycles. The smallest absolute Gasteiger partial charge is 0.0558 e. The first-order chi connectivity index (χ1) is 11.4. The molecule has 0 aromatic carbocycles. The van der Waals surface area contributed by atoms with Crippen LogP contribution < -0.4 is 5.32 Å². The van der Waals surface area contributed by atoms with Crippen LogP contribution in [0, 0.1) is 0 Å². The van der Waals surface area contributed by atoms with Crippen molar-refractivity contribution >= 4 is 0 Å². The molecule has 2 saturated heterocycles. The summed E-state index contributed by atoms with van der Waals surface area (Å²) in [6, 6.07) is 4.67. The average molecular weight is 319 g/mol. The van der Waals surface area contributed by atoms with Gasteiger partial charge in [-0.25, -0.2) is 0 Å². The monoisotopic (exact) mass is 319 g/mol. The molecule has 0 aliphatic carbocycles. The van der Waals surface area contributed by atoms with Gasteiger partial charge in [0.25, 0.3) is 0 Å². The highest BCUT2D eigenvalue weighted by Crippen LogP contribution is 2.23. The Morgan fingerprint density at radius 2 is 1.87 bits per heavy atom. The van der Waals surface area contributed by atoms with Crippen LogP contribution in [0.1, 0.15) is 11.6 Å². The summed E-state index contributed by atoms with van der Waals surface area (Å²) in [6.07, 6.45) is 3.87. The molecule has 3 rings (SSSR count). The lowest BCUT2D eigenvalue weighted by molar-refractivity contribution is 0.0637. The summed E-state index contributed by atoms with van der Waals surface area (Å²) in [5.74, 6) is 0. The molecule has 2 fully saturated rings. The predicted octanol–water partition coefficient (Wildman–Crippen LogP) is -0.362. The topological polar surface area (TPSA) is 54.9 Å². The van der Waals surface area contributed by atoms with Crippen LogP contribution in [-0.2, 0) is 0 Å². The lowest BCUT2D eigenvalue weighted by Crippen LogP contribution is -2.52. The minimum absolute atomic E-state index is 0.257. The Labute approximate surface area is 139 Å². The van der Waals surface area contributed by atoms with Crippen LogP contribution in [0.2, 0.25) is 0 Å². The van der Waals surface area contributed by atoms with Crippen molar-refractivity contribution in [2.24, 2.45) is 0 Å². The number of aliphatic hydroxyl groups is 1. The van der Waals surface area contributed by atoms with Gasteiger partial charge in [-0.3, -0.25) is 19.7 Å². The largest absolute Gasteiger partial charge is 0.395 e. The van der Waals surface area contributed by atoms with Crippen molar-refractivity contribution < 1.29 is 5.11 Å². The maximum absolute atomic E-state index is 9.11. The minimum atomic E-state index is 0.257. The highest BCUT2D eigenvalue weighted by molar-refractivity contribution is 5.15. The number of β-amino-alcohol motifs (C(OH)–C–C–N with tert-alkyl or cyclic N) is 1. The van der Waals surface area contributed by atoms with E-state index in [2.05, 4.69) is 31.1 Å². The van der Waals surface area contributed by atoms with Gasteiger partial charge in [0.2, 0.25) is 0 Å². The zero-order valence-electron chi connectivity index (χ0n) is 13.9. The van der Waals surface area contributed by atoms with Gasteiger partial charge in [-0.05, 0) is 11.6 Å². The highest BCUT2D eigenvalue weighted by atomic mass is 16.3. The lowest BCUT2D eigenvalue weighted by atomic mass is 10.1. The van der Waals surface area contributed by atoms with Gasteiger partial charge in [0.15, 0.2) is 0 Å². The first-order valence-corrected chi connectivity index (χ1v) is 8.77. The quantitative estimate of drug-likeness (QED) is 0.747. The van der Waals surface area contributed by atoms with E-state index in [1.54, 1.807) is 0 Å². The number of nitrogens with one attached hydrogen (secondary N) is 1. The Morgan fingerprint density at radius 1 is 1.09 bits per heavy atom. The normalized spacial score (nSPS) is 23.0. The molecule has 1 atom stereocenters. The number of piperazine rings is 2. The summed E-state index contributed by atoms with van der Waals surface area (Å²) in [5.41, 5.74) is 1.32. The molecular formula is C17H29N5O. The lowest BCUT2D eigenvalue weighted by Gasteiger charge is -2.41. The van der Waals surface area contributed by atoms with Crippen LogP contribution in [0.25, 0.3) is 0 Å². The van der Waals surface area contributed by atoms with Crippen LogP contribution in [0.15, 0.2) is 24.5 Å². The zero-order chi connectivity index (χ0) is 15.9. The molecule has 2 N–H and O–H groups in total. The summed E-state index contributed by atoms with van der Waals surface area (Å²) < 4.78 is 0. The second-order valence-electron chi connectivity index (χ2n) is 6.45. The SMILES string of the molecule is OCCN1CCN(C(CN2CCNCC2)c2cccnc2)CC1. The minimum Gasteiger partial charge on any atom is -0.395 e. The second kappa shape index (κ2) is 8.70. The Morgan fingerprint density at radius 3 is 2.52 bits per heavy atom.